The maximum Gasteiger partial charge on any atom is 0.275 e. The van der Waals surface area contributed by atoms with Gasteiger partial charge in [-0.2, -0.15) is 4.52 Å². The SMILES string of the molecule is CSc1nn2c(=O)cc(CN(C)CC3COCCO3)nc2s1. The van der Waals surface area contributed by atoms with Crippen LogP contribution in [0, 0.1) is 0 Å². The number of aromatic nitrogens is 3. The highest BCUT2D eigenvalue weighted by Gasteiger charge is 2.17. The van der Waals surface area contributed by atoms with Crippen LogP contribution in [0.5, 0.6) is 0 Å². The topological polar surface area (TPSA) is 69.0 Å². The monoisotopic (exact) mass is 342 g/mol. The second kappa shape index (κ2) is 7.05. The molecule has 0 saturated carbocycles. The Balaban J connectivity index is 1.71. The van der Waals surface area contributed by atoms with Crippen LogP contribution in [-0.4, -0.2) is 65.3 Å². The molecule has 0 radical (unpaired) electrons. The number of likely N-dealkylation sites (N-methyl/N-ethyl adjacent to an activating group) is 1. The van der Waals surface area contributed by atoms with Gasteiger partial charge in [0, 0.05) is 19.2 Å². The van der Waals surface area contributed by atoms with Crippen molar-refractivity contribution in [2.75, 3.05) is 39.7 Å². The normalized spacial score (nSPS) is 19.1. The highest BCUT2D eigenvalue weighted by atomic mass is 32.2. The standard InChI is InChI=1S/C13H18N4O3S2/c1-16(7-10-8-19-3-4-20-10)6-9-5-11(18)17-12(14-9)22-13(15-17)21-2/h5,10H,3-4,6-8H2,1-2H3. The minimum Gasteiger partial charge on any atom is -0.376 e. The Labute approximate surface area is 136 Å². The van der Waals surface area contributed by atoms with Crippen LogP contribution < -0.4 is 5.56 Å². The second-order valence-corrected chi connectivity index (χ2v) is 7.13. The molecule has 0 aliphatic carbocycles. The average Bonchev–Trinajstić information content (AvgIpc) is 2.92. The van der Waals surface area contributed by atoms with Gasteiger partial charge in [0.15, 0.2) is 4.34 Å². The Hall–Kier alpha value is -1.00. The van der Waals surface area contributed by atoms with E-state index < -0.39 is 0 Å². The van der Waals surface area contributed by atoms with Crippen LogP contribution in [-0.2, 0) is 16.0 Å². The molecule has 1 fully saturated rings. The summed E-state index contributed by atoms with van der Waals surface area (Å²) in [5.41, 5.74) is 0.614. The molecule has 0 bridgehead atoms. The van der Waals surface area contributed by atoms with Crippen LogP contribution in [0.2, 0.25) is 0 Å². The molecule has 3 rings (SSSR count). The smallest absolute Gasteiger partial charge is 0.275 e. The van der Waals surface area contributed by atoms with Crippen molar-refractivity contribution in [3.05, 3.63) is 22.1 Å². The number of nitrogens with zero attached hydrogens (tertiary/aromatic N) is 4. The minimum absolute atomic E-state index is 0.0788. The van der Waals surface area contributed by atoms with E-state index in [-0.39, 0.29) is 11.7 Å². The second-order valence-electron chi connectivity index (χ2n) is 5.12. The Morgan fingerprint density at radius 1 is 1.55 bits per heavy atom. The lowest BCUT2D eigenvalue weighted by atomic mass is 10.3. The van der Waals surface area contributed by atoms with Gasteiger partial charge >= 0.3 is 0 Å². The van der Waals surface area contributed by atoms with Crippen LogP contribution in [0.25, 0.3) is 4.96 Å². The van der Waals surface area contributed by atoms with Gasteiger partial charge in [-0.25, -0.2) is 4.98 Å². The zero-order valence-corrected chi connectivity index (χ0v) is 14.2. The van der Waals surface area contributed by atoms with Gasteiger partial charge < -0.3 is 9.47 Å². The number of hydrogen-bond acceptors (Lipinski definition) is 8. The minimum atomic E-state index is -0.137. The molecule has 9 heteroatoms. The summed E-state index contributed by atoms with van der Waals surface area (Å²) in [6, 6.07) is 1.55. The van der Waals surface area contributed by atoms with Gasteiger partial charge in [0.1, 0.15) is 0 Å². The number of fused-ring (bicyclic) bond motifs is 1. The number of ether oxygens (including phenoxy) is 2. The molecular weight excluding hydrogens is 324 g/mol. The van der Waals surface area contributed by atoms with Crippen LogP contribution in [0.1, 0.15) is 5.69 Å². The highest BCUT2D eigenvalue weighted by Crippen LogP contribution is 2.20. The van der Waals surface area contributed by atoms with Crippen molar-refractivity contribution in [2.45, 2.75) is 17.0 Å². The lowest BCUT2D eigenvalue weighted by Gasteiger charge is -2.27. The summed E-state index contributed by atoms with van der Waals surface area (Å²) in [5.74, 6) is 0. The molecule has 1 unspecified atom stereocenters. The molecule has 1 saturated heterocycles. The van der Waals surface area contributed by atoms with Gasteiger partial charge in [0.25, 0.3) is 5.56 Å². The van der Waals surface area contributed by atoms with Crippen molar-refractivity contribution < 1.29 is 9.47 Å². The Morgan fingerprint density at radius 3 is 3.14 bits per heavy atom. The molecule has 1 atom stereocenters. The van der Waals surface area contributed by atoms with Crippen molar-refractivity contribution in [3.63, 3.8) is 0 Å². The number of rotatable bonds is 5. The van der Waals surface area contributed by atoms with Gasteiger partial charge in [0.05, 0.1) is 31.6 Å². The summed E-state index contributed by atoms with van der Waals surface area (Å²) >= 11 is 2.94. The van der Waals surface area contributed by atoms with Gasteiger partial charge in [-0.3, -0.25) is 9.69 Å². The zero-order chi connectivity index (χ0) is 15.5. The van der Waals surface area contributed by atoms with E-state index in [1.807, 2.05) is 13.3 Å². The molecule has 120 valence electrons. The average molecular weight is 342 g/mol. The van der Waals surface area contributed by atoms with Crippen molar-refractivity contribution in [2.24, 2.45) is 0 Å². The van der Waals surface area contributed by atoms with E-state index in [1.54, 1.807) is 6.07 Å². The third-order valence-electron chi connectivity index (χ3n) is 3.29. The molecule has 0 spiro atoms. The van der Waals surface area contributed by atoms with E-state index in [0.29, 0.717) is 31.3 Å². The first-order chi connectivity index (χ1) is 10.7. The summed E-state index contributed by atoms with van der Waals surface area (Å²) in [6.45, 7) is 3.27. The summed E-state index contributed by atoms with van der Waals surface area (Å²) in [5, 5.41) is 4.22. The van der Waals surface area contributed by atoms with Crippen molar-refractivity contribution >= 4 is 28.1 Å². The summed E-state index contributed by atoms with van der Waals surface area (Å²) < 4.78 is 13.2. The van der Waals surface area contributed by atoms with Gasteiger partial charge in [0.2, 0.25) is 4.96 Å². The molecule has 7 nitrogen and oxygen atoms in total. The first kappa shape index (κ1) is 15.9. The van der Waals surface area contributed by atoms with Crippen LogP contribution >= 0.6 is 23.1 Å². The van der Waals surface area contributed by atoms with Crippen LogP contribution in [0.4, 0.5) is 0 Å². The van der Waals surface area contributed by atoms with Crippen LogP contribution in [0.15, 0.2) is 15.2 Å². The first-order valence-corrected chi connectivity index (χ1v) is 9.01. The predicted octanol–water partition coefficient (Wildman–Crippen LogP) is 0.720. The van der Waals surface area contributed by atoms with Crippen molar-refractivity contribution in [1.29, 1.82) is 0 Å². The fraction of sp³-hybridized carbons (Fsp3) is 0.615. The van der Waals surface area contributed by atoms with E-state index in [4.69, 9.17) is 9.47 Å². The molecule has 0 aromatic carbocycles. The number of thioether (sulfide) groups is 1. The van der Waals surface area contributed by atoms with Crippen LogP contribution in [0.3, 0.4) is 0 Å². The Morgan fingerprint density at radius 2 is 2.41 bits per heavy atom. The van der Waals surface area contributed by atoms with E-state index in [9.17, 15) is 4.79 Å². The molecule has 2 aromatic heterocycles. The maximum atomic E-state index is 12.1. The zero-order valence-electron chi connectivity index (χ0n) is 12.5. The quantitative estimate of drug-likeness (QED) is 0.742. The van der Waals surface area contributed by atoms with Crippen molar-refractivity contribution in [3.8, 4) is 0 Å². The summed E-state index contributed by atoms with van der Waals surface area (Å²) in [4.78, 5) is 19.4. The molecule has 1 aliphatic rings. The van der Waals surface area contributed by atoms with Gasteiger partial charge in [-0.1, -0.05) is 23.1 Å². The Bertz CT molecular complexity index is 696. The van der Waals surface area contributed by atoms with Gasteiger partial charge in [-0.15, -0.1) is 5.10 Å². The van der Waals surface area contributed by atoms with E-state index in [1.165, 1.54) is 27.6 Å². The van der Waals surface area contributed by atoms with Gasteiger partial charge in [-0.05, 0) is 13.3 Å². The third kappa shape index (κ3) is 3.66. The molecule has 0 N–H and O–H groups in total. The largest absolute Gasteiger partial charge is 0.376 e. The van der Waals surface area contributed by atoms with Crippen molar-refractivity contribution in [1.82, 2.24) is 19.5 Å². The predicted molar refractivity (Wildman–Crippen MR) is 85.8 cm³/mol. The molecular formula is C13H18N4O3S2. The summed E-state index contributed by atoms with van der Waals surface area (Å²) in [7, 11) is 1.99. The van der Waals surface area contributed by atoms with E-state index in [0.717, 1.165) is 16.6 Å². The van der Waals surface area contributed by atoms with E-state index >= 15 is 0 Å². The Kier molecular flexibility index (Phi) is 5.09. The molecule has 2 aromatic rings. The van der Waals surface area contributed by atoms with E-state index in [2.05, 4.69) is 15.0 Å². The number of hydrogen-bond donors (Lipinski definition) is 0. The highest BCUT2D eigenvalue weighted by molar-refractivity contribution is 8.00. The lowest BCUT2D eigenvalue weighted by molar-refractivity contribution is -0.0963. The molecule has 0 amide bonds. The molecule has 3 heterocycles. The first-order valence-electron chi connectivity index (χ1n) is 6.97. The molecule has 1 aliphatic heterocycles. The fourth-order valence-electron chi connectivity index (χ4n) is 2.33. The summed E-state index contributed by atoms with van der Waals surface area (Å²) in [6.07, 6.45) is 2.01. The molecule has 22 heavy (non-hydrogen) atoms. The lowest BCUT2D eigenvalue weighted by Crippen LogP contribution is -2.38. The fourth-order valence-corrected chi connectivity index (χ4v) is 3.71. The maximum absolute atomic E-state index is 12.1. The third-order valence-corrected chi connectivity index (χ3v) is 5.17.